The van der Waals surface area contributed by atoms with Crippen molar-refractivity contribution in [2.75, 3.05) is 12.3 Å². The lowest BCUT2D eigenvalue weighted by molar-refractivity contribution is -0.146. The zero-order valence-electron chi connectivity index (χ0n) is 10.8. The van der Waals surface area contributed by atoms with Gasteiger partial charge >= 0.3 is 5.97 Å². The van der Waals surface area contributed by atoms with Crippen molar-refractivity contribution in [2.24, 2.45) is 0 Å². The molecule has 1 N–H and O–H groups in total. The molecular formula is C13H17NO4S. The zero-order valence-corrected chi connectivity index (χ0v) is 11.6. The molecule has 0 saturated carbocycles. The first kappa shape index (κ1) is 15.5. The Bertz CT molecular complexity index is 430. The van der Waals surface area contributed by atoms with Crippen LogP contribution in [0, 0.1) is 0 Å². The second-order valence-electron chi connectivity index (χ2n) is 4.21. The van der Waals surface area contributed by atoms with E-state index in [2.05, 4.69) is 6.58 Å². The maximum absolute atomic E-state index is 12.0. The van der Waals surface area contributed by atoms with Gasteiger partial charge in [-0.1, -0.05) is 17.8 Å². The fourth-order valence-corrected chi connectivity index (χ4v) is 2.44. The topological polar surface area (TPSA) is 74.7 Å². The maximum Gasteiger partial charge on any atom is 0.330 e. The Hall–Kier alpha value is -1.56. The summed E-state index contributed by atoms with van der Waals surface area (Å²) in [6, 6.07) is -0.898. The van der Waals surface area contributed by atoms with E-state index in [-0.39, 0.29) is 17.4 Å². The van der Waals surface area contributed by atoms with Gasteiger partial charge < -0.3 is 10.0 Å². The van der Waals surface area contributed by atoms with Crippen LogP contribution in [0.1, 0.15) is 19.8 Å². The van der Waals surface area contributed by atoms with Gasteiger partial charge in [0, 0.05) is 25.6 Å². The van der Waals surface area contributed by atoms with Crippen LogP contribution in [-0.4, -0.2) is 45.3 Å². The van der Waals surface area contributed by atoms with Crippen LogP contribution in [0.25, 0.3) is 0 Å². The van der Waals surface area contributed by atoms with E-state index in [9.17, 15) is 14.4 Å². The van der Waals surface area contributed by atoms with Crippen molar-refractivity contribution in [3.05, 3.63) is 24.3 Å². The van der Waals surface area contributed by atoms with Gasteiger partial charge in [-0.2, -0.15) is 0 Å². The second kappa shape index (κ2) is 7.13. The largest absolute Gasteiger partial charge is 0.479 e. The summed E-state index contributed by atoms with van der Waals surface area (Å²) in [6.07, 6.45) is 4.03. The van der Waals surface area contributed by atoms with Crippen LogP contribution in [0.15, 0.2) is 24.3 Å². The molecule has 0 aliphatic carbocycles. The lowest BCUT2D eigenvalue weighted by Gasteiger charge is -2.21. The molecule has 1 heterocycles. The first-order valence-electron chi connectivity index (χ1n) is 5.91. The highest BCUT2D eigenvalue weighted by Gasteiger charge is 2.32. The smallest absolute Gasteiger partial charge is 0.330 e. The van der Waals surface area contributed by atoms with Crippen LogP contribution >= 0.6 is 11.8 Å². The number of amides is 1. The van der Waals surface area contributed by atoms with Crippen molar-refractivity contribution in [3.63, 3.8) is 0 Å². The number of carbonyl (C=O) groups excluding carboxylic acids is 2. The van der Waals surface area contributed by atoms with Gasteiger partial charge in [0.25, 0.3) is 0 Å². The van der Waals surface area contributed by atoms with Gasteiger partial charge in [-0.05, 0) is 18.1 Å². The normalized spacial score (nSPS) is 18.1. The number of nitrogens with zero attached hydrogens (tertiary/aromatic N) is 1. The van der Waals surface area contributed by atoms with Gasteiger partial charge in [0.2, 0.25) is 5.91 Å². The first-order chi connectivity index (χ1) is 8.95. The van der Waals surface area contributed by atoms with Crippen LogP contribution in [-0.2, 0) is 14.4 Å². The van der Waals surface area contributed by atoms with Crippen LogP contribution in [0.3, 0.4) is 0 Å². The third-order valence-corrected chi connectivity index (χ3v) is 3.52. The number of aliphatic carboxylic acids is 1. The molecule has 0 aromatic carbocycles. The lowest BCUT2D eigenvalue weighted by atomic mass is 10.2. The molecule has 1 aliphatic heterocycles. The predicted molar refractivity (Wildman–Crippen MR) is 73.8 cm³/mol. The molecule has 1 atom stereocenters. The summed E-state index contributed by atoms with van der Waals surface area (Å²) in [5.74, 6) is -0.892. The summed E-state index contributed by atoms with van der Waals surface area (Å²) in [5, 5.41) is 9.06. The molecule has 6 heteroatoms. The molecule has 1 rings (SSSR count). The highest BCUT2D eigenvalue weighted by Crippen LogP contribution is 2.21. The third kappa shape index (κ3) is 4.55. The molecule has 19 heavy (non-hydrogen) atoms. The Labute approximate surface area is 116 Å². The highest BCUT2D eigenvalue weighted by atomic mass is 32.2. The van der Waals surface area contributed by atoms with Crippen molar-refractivity contribution >= 4 is 28.8 Å². The van der Waals surface area contributed by atoms with Crippen molar-refractivity contribution < 1.29 is 19.5 Å². The van der Waals surface area contributed by atoms with E-state index in [1.807, 2.05) is 0 Å². The lowest BCUT2D eigenvalue weighted by Crippen LogP contribution is -2.41. The van der Waals surface area contributed by atoms with Crippen molar-refractivity contribution in [1.82, 2.24) is 4.90 Å². The molecule has 0 radical (unpaired) electrons. The van der Waals surface area contributed by atoms with Crippen LogP contribution < -0.4 is 0 Å². The van der Waals surface area contributed by atoms with Gasteiger partial charge in [-0.3, -0.25) is 9.59 Å². The fraction of sp³-hybridized carbons (Fsp3) is 0.462. The number of allylic oxidation sites excluding steroid dienone is 1. The van der Waals surface area contributed by atoms with E-state index in [1.165, 1.54) is 11.8 Å². The van der Waals surface area contributed by atoms with Gasteiger partial charge in [0.1, 0.15) is 6.04 Å². The summed E-state index contributed by atoms with van der Waals surface area (Å²) in [5.41, 5.74) is 0.884. The summed E-state index contributed by atoms with van der Waals surface area (Å²) in [4.78, 5) is 35.2. The molecule has 0 spiro atoms. The number of carboxylic acids is 1. The quantitative estimate of drug-likeness (QED) is 0.747. The molecule has 0 fully saturated rings. The SMILES string of the molecule is C=CCC1=C[C@@H](C(=O)O)N(C(=O)CCSC(C)=O)C1. The summed E-state index contributed by atoms with van der Waals surface area (Å²) >= 11 is 1.07. The molecule has 104 valence electrons. The number of rotatable bonds is 6. The van der Waals surface area contributed by atoms with Crippen LogP contribution in [0.2, 0.25) is 0 Å². The van der Waals surface area contributed by atoms with Gasteiger partial charge in [0.15, 0.2) is 5.12 Å². The van der Waals surface area contributed by atoms with Crippen molar-refractivity contribution in [2.45, 2.75) is 25.8 Å². The van der Waals surface area contributed by atoms with E-state index in [0.717, 1.165) is 17.3 Å². The molecule has 1 aliphatic rings. The molecule has 1 amide bonds. The Morgan fingerprint density at radius 1 is 1.58 bits per heavy atom. The van der Waals surface area contributed by atoms with Crippen molar-refractivity contribution in [3.8, 4) is 0 Å². The van der Waals surface area contributed by atoms with E-state index in [0.29, 0.717) is 18.7 Å². The third-order valence-electron chi connectivity index (χ3n) is 2.70. The standard InChI is InChI=1S/C13H17NO4S/c1-3-4-10-7-11(13(17)18)14(8-10)12(16)5-6-19-9(2)15/h3,7,11H,1,4-6,8H2,2H3,(H,17,18)/t11-/m0/s1. The summed E-state index contributed by atoms with van der Waals surface area (Å²) in [6.45, 7) is 5.37. The molecule has 0 unspecified atom stereocenters. The Morgan fingerprint density at radius 3 is 2.79 bits per heavy atom. The minimum absolute atomic E-state index is 0.0468. The maximum atomic E-state index is 12.0. The number of hydrogen-bond donors (Lipinski definition) is 1. The number of carboxylic acid groups (broad SMARTS) is 1. The van der Waals surface area contributed by atoms with E-state index in [1.54, 1.807) is 12.2 Å². The molecule has 5 nitrogen and oxygen atoms in total. The molecule has 0 aromatic heterocycles. The van der Waals surface area contributed by atoms with E-state index in [4.69, 9.17) is 5.11 Å². The van der Waals surface area contributed by atoms with Crippen LogP contribution in [0.5, 0.6) is 0 Å². The Kier molecular flexibility index (Phi) is 5.82. The average molecular weight is 283 g/mol. The van der Waals surface area contributed by atoms with Crippen molar-refractivity contribution in [1.29, 1.82) is 0 Å². The zero-order chi connectivity index (χ0) is 14.4. The fourth-order valence-electron chi connectivity index (χ4n) is 1.87. The minimum atomic E-state index is -1.04. The minimum Gasteiger partial charge on any atom is -0.479 e. The molecule has 0 saturated heterocycles. The number of carbonyl (C=O) groups is 3. The van der Waals surface area contributed by atoms with Gasteiger partial charge in [0.05, 0.1) is 0 Å². The van der Waals surface area contributed by atoms with Crippen LogP contribution in [0.4, 0.5) is 0 Å². The molecule has 0 bridgehead atoms. The van der Waals surface area contributed by atoms with E-state index < -0.39 is 12.0 Å². The van der Waals surface area contributed by atoms with Gasteiger partial charge in [-0.15, -0.1) is 6.58 Å². The predicted octanol–water partition coefficient (Wildman–Crippen LogP) is 1.45. The Morgan fingerprint density at radius 2 is 2.26 bits per heavy atom. The number of hydrogen-bond acceptors (Lipinski definition) is 4. The highest BCUT2D eigenvalue weighted by molar-refractivity contribution is 8.13. The average Bonchev–Trinajstić information content (AvgIpc) is 2.73. The monoisotopic (exact) mass is 283 g/mol. The summed E-state index contributed by atoms with van der Waals surface area (Å²) < 4.78 is 0. The Balaban J connectivity index is 2.61. The van der Waals surface area contributed by atoms with Gasteiger partial charge in [-0.25, -0.2) is 4.79 Å². The molecular weight excluding hydrogens is 266 g/mol. The summed E-state index contributed by atoms with van der Waals surface area (Å²) in [7, 11) is 0. The first-order valence-corrected chi connectivity index (χ1v) is 6.90. The molecule has 0 aromatic rings. The number of thioether (sulfide) groups is 1. The second-order valence-corrected chi connectivity index (χ2v) is 5.48. The van der Waals surface area contributed by atoms with E-state index >= 15 is 0 Å².